The molecule has 11 heteroatoms. The largest absolute Gasteiger partial charge is 0.481 e. The van der Waals surface area contributed by atoms with Crippen molar-refractivity contribution in [3.63, 3.8) is 0 Å². The number of aliphatic carboxylic acids is 1. The van der Waals surface area contributed by atoms with Crippen molar-refractivity contribution >= 4 is 17.6 Å². The van der Waals surface area contributed by atoms with Crippen molar-refractivity contribution in [2.75, 3.05) is 31.3 Å². The highest BCUT2D eigenvalue weighted by Gasteiger charge is 2.47. The van der Waals surface area contributed by atoms with E-state index in [9.17, 15) is 19.8 Å². The molecule has 0 saturated carbocycles. The van der Waals surface area contributed by atoms with E-state index in [0.717, 1.165) is 24.1 Å². The van der Waals surface area contributed by atoms with E-state index in [-0.39, 0.29) is 25.9 Å². The Bertz CT molecular complexity index is 1300. The summed E-state index contributed by atoms with van der Waals surface area (Å²) in [5, 5.41) is 24.7. The Morgan fingerprint density at radius 3 is 2.77 bits per heavy atom. The van der Waals surface area contributed by atoms with E-state index in [1.54, 1.807) is 46.4 Å². The maximum atomic E-state index is 13.8. The standard InChI is InChI=1S/C29H35N5O6/c1-2-3-11-34(22-6-4-8-30-15-22)26(36)17-32-16-23(20-13-21(18-35)28-25(14-20)39-19-40-28)27(29(37)38)24(32)7-12-33-10-5-9-31-33/h4-6,8-10,13-15,23-24,27,35H,2-3,7,11-12,16-19H2,1H3,(H,37,38)/t23-,24+,27-/m1/s1. The number of aliphatic hydroxyl groups excluding tert-OH is 1. The molecule has 1 amide bonds. The quantitative estimate of drug-likeness (QED) is 0.350. The fraction of sp³-hybridized carbons (Fsp3) is 0.448. The minimum absolute atomic E-state index is 0.0495. The number of ether oxygens (including phenoxy) is 2. The summed E-state index contributed by atoms with van der Waals surface area (Å²) in [4.78, 5) is 34.5. The molecule has 0 radical (unpaired) electrons. The average Bonchev–Trinajstić information content (AvgIpc) is 3.72. The number of unbranched alkanes of at least 4 members (excludes halogenated alkanes) is 1. The Balaban J connectivity index is 1.46. The molecule has 11 nitrogen and oxygen atoms in total. The van der Waals surface area contributed by atoms with Gasteiger partial charge in [0.1, 0.15) is 0 Å². The molecule has 5 rings (SSSR count). The molecular weight excluding hydrogens is 514 g/mol. The van der Waals surface area contributed by atoms with Gasteiger partial charge in [0.25, 0.3) is 0 Å². The summed E-state index contributed by atoms with van der Waals surface area (Å²) in [6, 6.07) is 8.69. The maximum Gasteiger partial charge on any atom is 0.308 e. The number of carboxylic acids is 1. The van der Waals surface area contributed by atoms with Crippen LogP contribution in [0.1, 0.15) is 43.2 Å². The molecule has 3 aromatic rings. The second kappa shape index (κ2) is 12.5. The normalized spacial score (nSPS) is 20.1. The number of aromatic nitrogens is 3. The SMILES string of the molecule is CCCCN(C(=O)CN1C[C@H](c2cc(CO)c3c(c2)OCO3)[C@@H](C(=O)O)[C@@H]1CCn1cccn1)c1cccnc1. The third-order valence-corrected chi connectivity index (χ3v) is 7.75. The third kappa shape index (κ3) is 5.80. The number of amides is 1. The molecular formula is C29H35N5O6. The van der Waals surface area contributed by atoms with Crippen molar-refractivity contribution in [2.45, 2.75) is 51.3 Å². The van der Waals surface area contributed by atoms with Gasteiger partial charge < -0.3 is 24.6 Å². The van der Waals surface area contributed by atoms with Gasteiger partial charge in [0.05, 0.1) is 31.0 Å². The van der Waals surface area contributed by atoms with Crippen molar-refractivity contribution in [3.8, 4) is 11.5 Å². The molecule has 0 bridgehead atoms. The fourth-order valence-corrected chi connectivity index (χ4v) is 5.81. The zero-order valence-electron chi connectivity index (χ0n) is 22.6. The number of carbonyl (C=O) groups excluding carboxylic acids is 1. The number of likely N-dealkylation sites (tertiary alicyclic amines) is 1. The lowest BCUT2D eigenvalue weighted by molar-refractivity contribution is -0.143. The fourth-order valence-electron chi connectivity index (χ4n) is 5.81. The van der Waals surface area contributed by atoms with Gasteiger partial charge in [0.2, 0.25) is 12.7 Å². The number of fused-ring (bicyclic) bond motifs is 1. The minimum atomic E-state index is -0.927. The van der Waals surface area contributed by atoms with E-state index >= 15 is 0 Å². The Morgan fingerprint density at radius 2 is 2.08 bits per heavy atom. The van der Waals surface area contributed by atoms with Crippen LogP contribution in [0.2, 0.25) is 0 Å². The first-order valence-corrected chi connectivity index (χ1v) is 13.7. The average molecular weight is 550 g/mol. The molecule has 40 heavy (non-hydrogen) atoms. The predicted molar refractivity (Wildman–Crippen MR) is 146 cm³/mol. The van der Waals surface area contributed by atoms with Crippen molar-refractivity contribution in [1.82, 2.24) is 19.7 Å². The van der Waals surface area contributed by atoms with Crippen LogP contribution in [0.25, 0.3) is 0 Å². The number of nitrogens with zero attached hydrogens (tertiary/aromatic N) is 5. The number of hydrogen-bond donors (Lipinski definition) is 2. The summed E-state index contributed by atoms with van der Waals surface area (Å²) in [7, 11) is 0. The first-order valence-electron chi connectivity index (χ1n) is 13.7. The summed E-state index contributed by atoms with van der Waals surface area (Å²) in [6.07, 6.45) is 9.16. The van der Waals surface area contributed by atoms with E-state index in [4.69, 9.17) is 9.47 Å². The molecule has 4 heterocycles. The molecule has 2 aliphatic heterocycles. The van der Waals surface area contributed by atoms with Gasteiger partial charge in [-0.25, -0.2) is 0 Å². The number of rotatable bonds is 12. The van der Waals surface area contributed by atoms with Crippen LogP contribution in [0.4, 0.5) is 5.69 Å². The zero-order valence-corrected chi connectivity index (χ0v) is 22.6. The van der Waals surface area contributed by atoms with Crippen molar-refractivity contribution in [2.24, 2.45) is 5.92 Å². The first kappa shape index (κ1) is 27.6. The van der Waals surface area contributed by atoms with Gasteiger partial charge in [0.15, 0.2) is 11.5 Å². The molecule has 2 aromatic heterocycles. The highest BCUT2D eigenvalue weighted by molar-refractivity contribution is 5.94. The summed E-state index contributed by atoms with van der Waals surface area (Å²) in [5.41, 5.74) is 2.02. The number of carbonyl (C=O) groups is 2. The van der Waals surface area contributed by atoms with E-state index in [1.165, 1.54) is 0 Å². The van der Waals surface area contributed by atoms with Crippen molar-refractivity contribution < 1.29 is 29.3 Å². The molecule has 1 aromatic carbocycles. The summed E-state index contributed by atoms with van der Waals surface area (Å²) < 4.78 is 12.9. The Kier molecular flexibility index (Phi) is 8.61. The zero-order chi connectivity index (χ0) is 28.1. The van der Waals surface area contributed by atoms with Gasteiger partial charge in [-0.15, -0.1) is 0 Å². The molecule has 3 atom stereocenters. The Morgan fingerprint density at radius 1 is 1.20 bits per heavy atom. The maximum absolute atomic E-state index is 13.8. The lowest BCUT2D eigenvalue weighted by Gasteiger charge is -2.29. The highest BCUT2D eigenvalue weighted by Crippen LogP contribution is 2.44. The van der Waals surface area contributed by atoms with Crippen LogP contribution in [0.3, 0.4) is 0 Å². The van der Waals surface area contributed by atoms with Crippen LogP contribution in [0, 0.1) is 5.92 Å². The van der Waals surface area contributed by atoms with Gasteiger partial charge in [0, 0.05) is 55.7 Å². The number of carboxylic acid groups (broad SMARTS) is 1. The lowest BCUT2D eigenvalue weighted by Crippen LogP contribution is -2.45. The van der Waals surface area contributed by atoms with Gasteiger partial charge in [-0.1, -0.05) is 13.3 Å². The van der Waals surface area contributed by atoms with Crippen LogP contribution in [0.5, 0.6) is 11.5 Å². The van der Waals surface area contributed by atoms with Gasteiger partial charge in [-0.3, -0.25) is 24.2 Å². The van der Waals surface area contributed by atoms with Crippen molar-refractivity contribution in [1.29, 1.82) is 0 Å². The molecule has 212 valence electrons. The van der Waals surface area contributed by atoms with Crippen LogP contribution in [-0.2, 0) is 22.7 Å². The van der Waals surface area contributed by atoms with Crippen molar-refractivity contribution in [3.05, 3.63) is 66.2 Å². The van der Waals surface area contributed by atoms with Gasteiger partial charge >= 0.3 is 5.97 Å². The monoisotopic (exact) mass is 549 g/mol. The highest BCUT2D eigenvalue weighted by atomic mass is 16.7. The molecule has 2 N–H and O–H groups in total. The second-order valence-electron chi connectivity index (χ2n) is 10.2. The summed E-state index contributed by atoms with van der Waals surface area (Å²) >= 11 is 0. The van der Waals surface area contributed by atoms with E-state index in [1.807, 2.05) is 23.2 Å². The van der Waals surface area contributed by atoms with E-state index in [2.05, 4.69) is 17.0 Å². The smallest absolute Gasteiger partial charge is 0.308 e. The first-order chi connectivity index (χ1) is 19.5. The number of aliphatic hydroxyl groups is 1. The Hall–Kier alpha value is -3.96. The van der Waals surface area contributed by atoms with E-state index in [0.29, 0.717) is 43.1 Å². The molecule has 2 aliphatic rings. The minimum Gasteiger partial charge on any atom is -0.481 e. The molecule has 1 fully saturated rings. The number of benzene rings is 1. The second-order valence-corrected chi connectivity index (χ2v) is 10.2. The van der Waals surface area contributed by atoms with Gasteiger partial charge in [-0.05, 0) is 48.7 Å². The van der Waals surface area contributed by atoms with Crippen LogP contribution in [0.15, 0.2) is 55.1 Å². The molecule has 1 saturated heterocycles. The predicted octanol–water partition coefficient (Wildman–Crippen LogP) is 2.89. The number of anilines is 1. The number of aryl methyl sites for hydroxylation is 1. The number of hydrogen-bond acceptors (Lipinski definition) is 8. The molecule has 0 unspecified atom stereocenters. The summed E-state index contributed by atoms with van der Waals surface area (Å²) in [5.74, 6) is -1.24. The molecule has 0 spiro atoms. The van der Waals surface area contributed by atoms with Crippen LogP contribution < -0.4 is 14.4 Å². The number of pyridine rings is 1. The van der Waals surface area contributed by atoms with Crippen LogP contribution in [-0.4, -0.2) is 74.2 Å². The topological polar surface area (TPSA) is 130 Å². The third-order valence-electron chi connectivity index (χ3n) is 7.75. The lowest BCUT2D eigenvalue weighted by atomic mass is 9.83. The summed E-state index contributed by atoms with van der Waals surface area (Å²) in [6.45, 7) is 3.38. The van der Waals surface area contributed by atoms with E-state index < -0.39 is 23.8 Å². The van der Waals surface area contributed by atoms with Gasteiger partial charge in [-0.2, -0.15) is 5.10 Å². The van der Waals surface area contributed by atoms with Crippen LogP contribution >= 0.6 is 0 Å². The Labute approximate surface area is 232 Å². The molecule has 0 aliphatic carbocycles.